The molecule has 19 heavy (non-hydrogen) atoms. The molecule has 0 saturated carbocycles. The summed E-state index contributed by atoms with van der Waals surface area (Å²) in [7, 11) is 5.45. The minimum atomic E-state index is -0.0863. The second kappa shape index (κ2) is 7.91. The number of hydrogen-bond acceptors (Lipinski definition) is 5. The fraction of sp³-hybridized carbons (Fsp3) is 0.692. The summed E-state index contributed by atoms with van der Waals surface area (Å²) in [6, 6.07) is 1.71. The molecule has 0 aromatic carbocycles. The minimum Gasteiger partial charge on any atom is -0.383 e. The lowest BCUT2D eigenvalue weighted by Crippen LogP contribution is -2.38. The maximum absolute atomic E-state index is 12.0. The van der Waals surface area contributed by atoms with Crippen molar-refractivity contribution >= 4 is 5.69 Å². The van der Waals surface area contributed by atoms with Crippen LogP contribution in [-0.2, 0) is 11.3 Å². The van der Waals surface area contributed by atoms with Crippen molar-refractivity contribution in [1.82, 2.24) is 15.1 Å². The number of rotatable bonds is 8. The lowest BCUT2D eigenvalue weighted by Gasteiger charge is -2.19. The van der Waals surface area contributed by atoms with Crippen LogP contribution in [0.2, 0.25) is 0 Å². The van der Waals surface area contributed by atoms with Crippen LogP contribution in [0, 0.1) is 0 Å². The van der Waals surface area contributed by atoms with Crippen LogP contribution >= 0.6 is 0 Å². The summed E-state index contributed by atoms with van der Waals surface area (Å²) < 4.78 is 6.55. The molecule has 108 valence electrons. The number of methoxy groups -OCH3 is 1. The van der Waals surface area contributed by atoms with Crippen LogP contribution in [0.25, 0.3) is 0 Å². The Morgan fingerprint density at radius 2 is 2.32 bits per heavy atom. The molecule has 0 aliphatic heterocycles. The fourth-order valence-corrected chi connectivity index (χ4v) is 1.87. The highest BCUT2D eigenvalue weighted by atomic mass is 16.5. The van der Waals surface area contributed by atoms with Crippen molar-refractivity contribution in [3.05, 3.63) is 22.6 Å². The van der Waals surface area contributed by atoms with Crippen LogP contribution < -0.4 is 15.8 Å². The predicted octanol–water partition coefficient (Wildman–Crippen LogP) is 0.324. The molecule has 0 aliphatic carbocycles. The van der Waals surface area contributed by atoms with Gasteiger partial charge in [-0.15, -0.1) is 0 Å². The fourth-order valence-electron chi connectivity index (χ4n) is 1.87. The van der Waals surface area contributed by atoms with Crippen LogP contribution in [0.15, 0.2) is 17.1 Å². The highest BCUT2D eigenvalue weighted by Crippen LogP contribution is 2.07. The molecule has 1 unspecified atom stereocenters. The predicted molar refractivity (Wildman–Crippen MR) is 76.8 cm³/mol. The number of anilines is 1. The first-order valence-electron chi connectivity index (χ1n) is 6.56. The summed E-state index contributed by atoms with van der Waals surface area (Å²) in [6.45, 7) is 4.06. The number of aromatic nitrogens is 2. The molecular weight excluding hydrogens is 244 g/mol. The smallest absolute Gasteiger partial charge is 0.268 e. The van der Waals surface area contributed by atoms with E-state index in [0.29, 0.717) is 13.2 Å². The van der Waals surface area contributed by atoms with Crippen molar-refractivity contribution < 1.29 is 4.74 Å². The van der Waals surface area contributed by atoms with Crippen molar-refractivity contribution in [2.24, 2.45) is 0 Å². The Morgan fingerprint density at radius 3 is 2.84 bits per heavy atom. The summed E-state index contributed by atoms with van der Waals surface area (Å²) in [5.74, 6) is 0. The second-order valence-electron chi connectivity index (χ2n) is 4.60. The van der Waals surface area contributed by atoms with Gasteiger partial charge in [0.15, 0.2) is 0 Å². The van der Waals surface area contributed by atoms with Gasteiger partial charge in [-0.3, -0.25) is 4.79 Å². The van der Waals surface area contributed by atoms with Crippen LogP contribution in [0.5, 0.6) is 0 Å². The minimum absolute atomic E-state index is 0.0782. The number of likely N-dealkylation sites (N-methyl/N-ethyl adjacent to an activating group) is 1. The molecule has 0 bridgehead atoms. The lowest BCUT2D eigenvalue weighted by atomic mass is 10.3. The Morgan fingerprint density at radius 1 is 1.58 bits per heavy atom. The van der Waals surface area contributed by atoms with E-state index in [-0.39, 0.29) is 11.6 Å². The van der Waals surface area contributed by atoms with Gasteiger partial charge in [0.25, 0.3) is 5.56 Å². The summed E-state index contributed by atoms with van der Waals surface area (Å²) in [4.78, 5) is 14.0. The molecule has 6 heteroatoms. The monoisotopic (exact) mass is 268 g/mol. The van der Waals surface area contributed by atoms with Crippen molar-refractivity contribution in [1.29, 1.82) is 0 Å². The van der Waals surface area contributed by atoms with Gasteiger partial charge in [0.2, 0.25) is 0 Å². The van der Waals surface area contributed by atoms with Gasteiger partial charge >= 0.3 is 0 Å². The zero-order valence-electron chi connectivity index (χ0n) is 12.2. The van der Waals surface area contributed by atoms with E-state index >= 15 is 0 Å². The Hall–Kier alpha value is -1.40. The van der Waals surface area contributed by atoms with Crippen LogP contribution in [0.4, 0.5) is 5.69 Å². The molecule has 0 spiro atoms. The molecule has 6 nitrogen and oxygen atoms in total. The topological polar surface area (TPSA) is 59.4 Å². The molecule has 0 aliphatic rings. The zero-order chi connectivity index (χ0) is 14.3. The second-order valence-corrected chi connectivity index (χ2v) is 4.60. The van der Waals surface area contributed by atoms with Gasteiger partial charge in [0, 0.05) is 32.8 Å². The highest BCUT2D eigenvalue weighted by molar-refractivity contribution is 5.41. The number of ether oxygens (including phenoxy) is 1. The summed E-state index contributed by atoms with van der Waals surface area (Å²) in [5, 5.41) is 7.32. The lowest BCUT2D eigenvalue weighted by molar-refractivity contribution is 0.159. The standard InChI is InChI=1S/C13H24N4O2/c1-5-6-16(3)12-7-13(18)17(15-8-12)9-11(14-2)10-19-4/h7-8,11,14H,5-6,9-10H2,1-4H3. The largest absolute Gasteiger partial charge is 0.383 e. The number of nitrogens with one attached hydrogen (secondary N) is 1. The first-order valence-corrected chi connectivity index (χ1v) is 6.56. The molecule has 1 atom stereocenters. The van der Waals surface area contributed by atoms with Gasteiger partial charge in [-0.2, -0.15) is 5.10 Å². The molecule has 1 aromatic heterocycles. The van der Waals surface area contributed by atoms with Gasteiger partial charge in [-0.1, -0.05) is 6.92 Å². The summed E-state index contributed by atoms with van der Waals surface area (Å²) in [5.41, 5.74) is 0.771. The maximum Gasteiger partial charge on any atom is 0.268 e. The Kier molecular flexibility index (Phi) is 6.52. The van der Waals surface area contributed by atoms with E-state index in [4.69, 9.17) is 4.74 Å². The summed E-state index contributed by atoms with van der Waals surface area (Å²) >= 11 is 0. The first kappa shape index (κ1) is 15.7. The average Bonchev–Trinajstić information content (AvgIpc) is 2.40. The normalized spacial score (nSPS) is 12.4. The Balaban J connectivity index is 2.79. The summed E-state index contributed by atoms with van der Waals surface area (Å²) in [6.07, 6.45) is 2.77. The molecule has 1 N–H and O–H groups in total. The van der Waals surface area contributed by atoms with Crippen LogP contribution in [0.3, 0.4) is 0 Å². The van der Waals surface area contributed by atoms with Gasteiger partial charge < -0.3 is 15.0 Å². The van der Waals surface area contributed by atoms with Crippen molar-refractivity contribution in [3.63, 3.8) is 0 Å². The molecule has 0 saturated heterocycles. The van der Waals surface area contributed by atoms with E-state index in [1.54, 1.807) is 19.4 Å². The molecule has 1 rings (SSSR count). The van der Waals surface area contributed by atoms with E-state index in [1.807, 2.05) is 19.0 Å². The van der Waals surface area contributed by atoms with E-state index in [2.05, 4.69) is 17.3 Å². The van der Waals surface area contributed by atoms with E-state index in [0.717, 1.165) is 18.7 Å². The SMILES string of the molecule is CCCN(C)c1cnn(CC(COC)NC)c(=O)c1. The molecule has 0 radical (unpaired) electrons. The third-order valence-corrected chi connectivity index (χ3v) is 3.02. The third-order valence-electron chi connectivity index (χ3n) is 3.02. The Bertz CT molecular complexity index is 433. The quantitative estimate of drug-likeness (QED) is 0.736. The maximum atomic E-state index is 12.0. The molecule has 1 aromatic rings. The average molecular weight is 268 g/mol. The van der Waals surface area contributed by atoms with Gasteiger partial charge in [0.05, 0.1) is 25.0 Å². The van der Waals surface area contributed by atoms with E-state index < -0.39 is 0 Å². The van der Waals surface area contributed by atoms with Crippen LogP contribution in [0.1, 0.15) is 13.3 Å². The van der Waals surface area contributed by atoms with Crippen molar-refractivity contribution in [2.45, 2.75) is 25.9 Å². The Labute approximate surface area is 114 Å². The molecule has 0 fully saturated rings. The molecule has 0 amide bonds. The van der Waals surface area contributed by atoms with Gasteiger partial charge in [-0.05, 0) is 13.5 Å². The van der Waals surface area contributed by atoms with Gasteiger partial charge in [-0.25, -0.2) is 4.68 Å². The van der Waals surface area contributed by atoms with E-state index in [1.165, 1.54) is 4.68 Å². The number of hydrogen-bond donors (Lipinski definition) is 1. The van der Waals surface area contributed by atoms with Crippen LogP contribution in [-0.4, -0.2) is 50.2 Å². The third kappa shape index (κ3) is 4.65. The molecular formula is C13H24N4O2. The highest BCUT2D eigenvalue weighted by Gasteiger charge is 2.10. The van der Waals surface area contributed by atoms with Crippen molar-refractivity contribution in [3.8, 4) is 0 Å². The van der Waals surface area contributed by atoms with E-state index in [9.17, 15) is 4.79 Å². The number of nitrogens with zero attached hydrogens (tertiary/aromatic N) is 3. The molecule has 1 heterocycles. The van der Waals surface area contributed by atoms with Gasteiger partial charge in [0.1, 0.15) is 0 Å². The van der Waals surface area contributed by atoms with Crippen molar-refractivity contribution in [2.75, 3.05) is 39.3 Å². The zero-order valence-corrected chi connectivity index (χ0v) is 12.2. The first-order chi connectivity index (χ1) is 9.12.